The fourth-order valence-corrected chi connectivity index (χ4v) is 2.37. The second-order valence-corrected chi connectivity index (χ2v) is 4.92. The highest BCUT2D eigenvalue weighted by atomic mass is 35.5. The number of aromatic nitrogens is 2. The molecule has 0 aliphatic heterocycles. The summed E-state index contributed by atoms with van der Waals surface area (Å²) in [7, 11) is 1.81. The van der Waals surface area contributed by atoms with E-state index in [4.69, 9.17) is 11.6 Å². The Kier molecular flexibility index (Phi) is 4.79. The van der Waals surface area contributed by atoms with Crippen LogP contribution in [0.2, 0.25) is 0 Å². The fraction of sp³-hybridized carbons (Fsp3) is 0.333. The lowest BCUT2D eigenvalue weighted by atomic mass is 10.1. The molecule has 0 aliphatic carbocycles. The molecule has 20 heavy (non-hydrogen) atoms. The molecule has 4 nitrogen and oxygen atoms in total. The van der Waals surface area contributed by atoms with E-state index >= 15 is 0 Å². The Hall–Kier alpha value is -1.81. The lowest BCUT2D eigenvalue weighted by Crippen LogP contribution is -2.30. The molecule has 106 valence electrons. The highest BCUT2D eigenvalue weighted by Crippen LogP contribution is 2.16. The zero-order chi connectivity index (χ0) is 14.5. The summed E-state index contributed by atoms with van der Waals surface area (Å²) < 4.78 is 1.66. The van der Waals surface area contributed by atoms with Crippen LogP contribution in [0.1, 0.15) is 34.6 Å². The lowest BCUT2D eigenvalue weighted by Gasteiger charge is -2.16. The highest BCUT2D eigenvalue weighted by Gasteiger charge is 2.18. The predicted octanol–water partition coefficient (Wildman–Crippen LogP) is 2.69. The van der Waals surface area contributed by atoms with E-state index in [1.54, 1.807) is 10.9 Å². The third-order valence-corrected chi connectivity index (χ3v) is 3.45. The quantitative estimate of drug-likeness (QED) is 0.861. The third-order valence-electron chi connectivity index (χ3n) is 3.15. The van der Waals surface area contributed by atoms with Crippen LogP contribution in [-0.4, -0.2) is 21.6 Å². The molecule has 1 heterocycles. The molecule has 1 unspecified atom stereocenters. The Morgan fingerprint density at radius 3 is 2.70 bits per heavy atom. The van der Waals surface area contributed by atoms with E-state index < -0.39 is 0 Å². The number of carbonyl (C=O) groups excluding carboxylic acids is 1. The number of rotatable bonds is 5. The van der Waals surface area contributed by atoms with Crippen LogP contribution in [0.15, 0.2) is 36.5 Å². The van der Waals surface area contributed by atoms with Crippen LogP contribution in [0.5, 0.6) is 0 Å². The number of amides is 1. The van der Waals surface area contributed by atoms with Crippen molar-refractivity contribution in [3.05, 3.63) is 53.3 Å². The van der Waals surface area contributed by atoms with Crippen LogP contribution in [0.25, 0.3) is 0 Å². The van der Waals surface area contributed by atoms with Crippen LogP contribution in [0.4, 0.5) is 0 Å². The maximum absolute atomic E-state index is 12.4. The maximum atomic E-state index is 12.4. The van der Waals surface area contributed by atoms with Gasteiger partial charge in [0, 0.05) is 19.1 Å². The number of halogens is 1. The predicted molar refractivity (Wildman–Crippen MR) is 80.0 cm³/mol. The van der Waals surface area contributed by atoms with Crippen LogP contribution < -0.4 is 5.32 Å². The molecular weight excluding hydrogens is 274 g/mol. The monoisotopic (exact) mass is 291 g/mol. The number of benzene rings is 1. The first-order chi connectivity index (χ1) is 9.65. The molecule has 1 atom stereocenters. The van der Waals surface area contributed by atoms with E-state index in [-0.39, 0.29) is 11.9 Å². The Morgan fingerprint density at radius 1 is 1.40 bits per heavy atom. The second kappa shape index (κ2) is 6.57. The molecule has 0 aliphatic rings. The van der Waals surface area contributed by atoms with Crippen molar-refractivity contribution < 1.29 is 4.79 Å². The summed E-state index contributed by atoms with van der Waals surface area (Å²) >= 11 is 5.98. The minimum atomic E-state index is -0.199. The van der Waals surface area contributed by atoms with Crippen molar-refractivity contribution in [1.82, 2.24) is 15.1 Å². The normalized spacial score (nSPS) is 12.2. The first-order valence-corrected chi connectivity index (χ1v) is 7.13. The molecule has 0 radical (unpaired) electrons. The van der Waals surface area contributed by atoms with Crippen molar-refractivity contribution >= 4 is 17.5 Å². The van der Waals surface area contributed by atoms with Gasteiger partial charge in [-0.25, -0.2) is 0 Å². The molecular formula is C15H18ClN3O. The van der Waals surface area contributed by atoms with Crippen molar-refractivity contribution in [1.29, 1.82) is 0 Å². The Morgan fingerprint density at radius 2 is 2.10 bits per heavy atom. The SMILES string of the molecule is CCc1nn(C)cc1C(=O)NC(CCl)c1ccccc1. The first-order valence-electron chi connectivity index (χ1n) is 6.60. The molecule has 0 bridgehead atoms. The molecule has 0 saturated carbocycles. The van der Waals surface area contributed by atoms with Gasteiger partial charge in [0.25, 0.3) is 5.91 Å². The van der Waals surface area contributed by atoms with Crippen LogP contribution in [0.3, 0.4) is 0 Å². The Balaban J connectivity index is 2.17. The second-order valence-electron chi connectivity index (χ2n) is 4.61. The summed E-state index contributed by atoms with van der Waals surface area (Å²) in [6.07, 6.45) is 2.46. The smallest absolute Gasteiger partial charge is 0.255 e. The van der Waals surface area contributed by atoms with E-state index in [1.807, 2.05) is 44.3 Å². The molecule has 2 rings (SSSR count). The van der Waals surface area contributed by atoms with Crippen LogP contribution in [-0.2, 0) is 13.5 Å². The summed E-state index contributed by atoms with van der Waals surface area (Å²) in [5, 5.41) is 7.24. The number of alkyl halides is 1. The molecule has 0 spiro atoms. The first kappa shape index (κ1) is 14.6. The van der Waals surface area contributed by atoms with Gasteiger partial charge in [-0.3, -0.25) is 9.48 Å². The zero-order valence-electron chi connectivity index (χ0n) is 11.6. The molecule has 5 heteroatoms. The summed E-state index contributed by atoms with van der Waals surface area (Å²) in [4.78, 5) is 12.4. The number of hydrogen-bond donors (Lipinski definition) is 1. The average Bonchev–Trinajstić information content (AvgIpc) is 2.86. The molecule has 1 N–H and O–H groups in total. The lowest BCUT2D eigenvalue weighted by molar-refractivity contribution is 0.0939. The Labute approximate surface area is 123 Å². The zero-order valence-corrected chi connectivity index (χ0v) is 12.4. The van der Waals surface area contributed by atoms with Crippen molar-refractivity contribution in [2.75, 3.05) is 5.88 Å². The van der Waals surface area contributed by atoms with Crippen molar-refractivity contribution in [2.24, 2.45) is 7.05 Å². The number of nitrogens with zero attached hydrogens (tertiary/aromatic N) is 2. The van der Waals surface area contributed by atoms with Gasteiger partial charge in [-0.05, 0) is 12.0 Å². The van der Waals surface area contributed by atoms with Gasteiger partial charge in [0.15, 0.2) is 0 Å². The molecule has 2 aromatic rings. The molecule has 0 fully saturated rings. The van der Waals surface area contributed by atoms with Crippen LogP contribution >= 0.6 is 11.6 Å². The van der Waals surface area contributed by atoms with Gasteiger partial charge in [-0.15, -0.1) is 11.6 Å². The van der Waals surface area contributed by atoms with Gasteiger partial charge in [0.05, 0.1) is 17.3 Å². The highest BCUT2D eigenvalue weighted by molar-refractivity contribution is 6.18. The summed E-state index contributed by atoms with van der Waals surface area (Å²) in [5.74, 6) is 0.196. The van der Waals surface area contributed by atoms with Gasteiger partial charge in [-0.1, -0.05) is 37.3 Å². The standard InChI is InChI=1S/C15H18ClN3O/c1-3-13-12(10-19(2)18-13)15(20)17-14(9-16)11-7-5-4-6-8-11/h4-8,10,14H,3,9H2,1-2H3,(H,17,20). The molecule has 0 saturated heterocycles. The minimum absolute atomic E-state index is 0.135. The number of aryl methyl sites for hydroxylation is 2. The van der Waals surface area contributed by atoms with Gasteiger partial charge in [-0.2, -0.15) is 5.10 Å². The fourth-order valence-electron chi connectivity index (χ4n) is 2.12. The van der Waals surface area contributed by atoms with E-state index in [0.717, 1.165) is 17.7 Å². The number of carbonyl (C=O) groups is 1. The number of hydrogen-bond acceptors (Lipinski definition) is 2. The largest absolute Gasteiger partial charge is 0.344 e. The van der Waals surface area contributed by atoms with E-state index in [0.29, 0.717) is 11.4 Å². The van der Waals surface area contributed by atoms with Crippen molar-refractivity contribution in [3.63, 3.8) is 0 Å². The Bertz CT molecular complexity index is 580. The summed E-state index contributed by atoms with van der Waals surface area (Å²) in [5.41, 5.74) is 2.41. The number of nitrogens with one attached hydrogen (secondary N) is 1. The molecule has 1 amide bonds. The van der Waals surface area contributed by atoms with Gasteiger partial charge < -0.3 is 5.32 Å². The topological polar surface area (TPSA) is 46.9 Å². The minimum Gasteiger partial charge on any atom is -0.344 e. The van der Waals surface area contributed by atoms with E-state index in [9.17, 15) is 4.79 Å². The van der Waals surface area contributed by atoms with E-state index in [1.165, 1.54) is 0 Å². The summed E-state index contributed by atoms with van der Waals surface area (Å²) in [6, 6.07) is 9.52. The van der Waals surface area contributed by atoms with Gasteiger partial charge in [0.2, 0.25) is 0 Å². The molecule has 1 aromatic carbocycles. The van der Waals surface area contributed by atoms with Gasteiger partial charge in [0.1, 0.15) is 0 Å². The van der Waals surface area contributed by atoms with Gasteiger partial charge >= 0.3 is 0 Å². The average molecular weight is 292 g/mol. The van der Waals surface area contributed by atoms with E-state index in [2.05, 4.69) is 10.4 Å². The van der Waals surface area contributed by atoms with Crippen molar-refractivity contribution in [2.45, 2.75) is 19.4 Å². The third kappa shape index (κ3) is 3.20. The molecule has 1 aromatic heterocycles. The van der Waals surface area contributed by atoms with Crippen molar-refractivity contribution in [3.8, 4) is 0 Å². The summed E-state index contributed by atoms with van der Waals surface area (Å²) in [6.45, 7) is 1.98. The van der Waals surface area contributed by atoms with Crippen LogP contribution in [0, 0.1) is 0 Å². The maximum Gasteiger partial charge on any atom is 0.255 e.